The predicted molar refractivity (Wildman–Crippen MR) is 51.7 cm³/mol. The maximum Gasteiger partial charge on any atom is 0.259 e. The van der Waals surface area contributed by atoms with Gasteiger partial charge in [0.15, 0.2) is 5.78 Å². The predicted octanol–water partition coefficient (Wildman–Crippen LogP) is 0.932. The fourth-order valence-electron chi connectivity index (χ4n) is 1.53. The van der Waals surface area contributed by atoms with Gasteiger partial charge in [0.2, 0.25) is 0 Å². The Morgan fingerprint density at radius 3 is 2.50 bits per heavy atom. The first-order valence-corrected chi connectivity index (χ1v) is 4.74. The number of rotatable bonds is 2. The number of carbonyl (C=O) groups is 2. The van der Waals surface area contributed by atoms with Gasteiger partial charge in [-0.3, -0.25) is 9.59 Å². The SMILES string of the molecule is CC[C@H](C)[C@H]1NC(=O)/C(=C(\C)O)C1=O. The van der Waals surface area contributed by atoms with Gasteiger partial charge in [0.1, 0.15) is 11.3 Å². The number of carbonyl (C=O) groups excluding carboxylic acids is 2. The lowest BCUT2D eigenvalue weighted by atomic mass is 9.95. The van der Waals surface area contributed by atoms with Gasteiger partial charge in [-0.1, -0.05) is 20.3 Å². The lowest BCUT2D eigenvalue weighted by molar-refractivity contribution is -0.117. The first-order valence-electron chi connectivity index (χ1n) is 4.74. The van der Waals surface area contributed by atoms with Crippen LogP contribution in [-0.4, -0.2) is 22.8 Å². The Bertz CT molecular complexity index is 302. The Balaban J connectivity index is 2.97. The molecule has 1 heterocycles. The van der Waals surface area contributed by atoms with Gasteiger partial charge in [-0.2, -0.15) is 0 Å². The van der Waals surface area contributed by atoms with Crippen LogP contribution in [-0.2, 0) is 9.59 Å². The van der Waals surface area contributed by atoms with Crippen molar-refractivity contribution in [3.8, 4) is 0 Å². The minimum atomic E-state index is -0.468. The average Bonchev–Trinajstić information content (AvgIpc) is 2.40. The summed E-state index contributed by atoms with van der Waals surface area (Å²) in [7, 11) is 0. The van der Waals surface area contributed by atoms with Crippen molar-refractivity contribution in [2.75, 3.05) is 0 Å². The van der Waals surface area contributed by atoms with Crippen molar-refractivity contribution in [1.29, 1.82) is 0 Å². The molecule has 2 N–H and O–H groups in total. The highest BCUT2D eigenvalue weighted by Crippen LogP contribution is 2.20. The van der Waals surface area contributed by atoms with Gasteiger partial charge >= 0.3 is 0 Å². The van der Waals surface area contributed by atoms with Crippen LogP contribution in [0.25, 0.3) is 0 Å². The number of hydrogen-bond acceptors (Lipinski definition) is 3. The van der Waals surface area contributed by atoms with E-state index >= 15 is 0 Å². The molecular formula is C10H15NO3. The van der Waals surface area contributed by atoms with Crippen molar-refractivity contribution in [2.45, 2.75) is 33.2 Å². The van der Waals surface area contributed by atoms with E-state index in [1.165, 1.54) is 6.92 Å². The molecule has 1 aliphatic heterocycles. The molecule has 78 valence electrons. The van der Waals surface area contributed by atoms with E-state index in [1.54, 1.807) is 0 Å². The van der Waals surface area contributed by atoms with Crippen molar-refractivity contribution < 1.29 is 14.7 Å². The summed E-state index contributed by atoms with van der Waals surface area (Å²) in [6.45, 7) is 5.21. The zero-order valence-electron chi connectivity index (χ0n) is 8.63. The smallest absolute Gasteiger partial charge is 0.259 e. The Morgan fingerprint density at radius 1 is 1.57 bits per heavy atom. The zero-order chi connectivity index (χ0) is 10.9. The molecule has 0 radical (unpaired) electrons. The maximum atomic E-state index is 11.7. The average molecular weight is 197 g/mol. The molecule has 0 aromatic heterocycles. The van der Waals surface area contributed by atoms with E-state index in [2.05, 4.69) is 5.32 Å². The van der Waals surface area contributed by atoms with Gasteiger partial charge in [0.25, 0.3) is 5.91 Å². The number of Topliss-reactive ketones (excluding diaryl/α,β-unsaturated/α-hetero) is 1. The number of nitrogens with one attached hydrogen (secondary N) is 1. The molecule has 0 saturated carbocycles. The van der Waals surface area contributed by atoms with Crippen molar-refractivity contribution in [3.63, 3.8) is 0 Å². The van der Waals surface area contributed by atoms with Crippen LogP contribution in [0.2, 0.25) is 0 Å². The fourth-order valence-corrected chi connectivity index (χ4v) is 1.53. The van der Waals surface area contributed by atoms with Gasteiger partial charge in [-0.25, -0.2) is 0 Å². The molecule has 4 heteroatoms. The van der Waals surface area contributed by atoms with Crippen LogP contribution in [0.3, 0.4) is 0 Å². The van der Waals surface area contributed by atoms with Crippen LogP contribution >= 0.6 is 0 Å². The van der Waals surface area contributed by atoms with E-state index in [0.29, 0.717) is 0 Å². The van der Waals surface area contributed by atoms with Gasteiger partial charge in [0.05, 0.1) is 6.04 Å². The van der Waals surface area contributed by atoms with Crippen LogP contribution in [0.4, 0.5) is 0 Å². The molecule has 14 heavy (non-hydrogen) atoms. The monoisotopic (exact) mass is 197 g/mol. The molecule has 0 aliphatic carbocycles. The third-order valence-electron chi connectivity index (χ3n) is 2.62. The zero-order valence-corrected chi connectivity index (χ0v) is 8.63. The Morgan fingerprint density at radius 2 is 2.14 bits per heavy atom. The molecule has 0 aromatic rings. The van der Waals surface area contributed by atoms with Gasteiger partial charge in [0, 0.05) is 0 Å². The molecule has 0 spiro atoms. The van der Waals surface area contributed by atoms with E-state index in [0.717, 1.165) is 6.42 Å². The summed E-state index contributed by atoms with van der Waals surface area (Å²) < 4.78 is 0. The molecule has 0 unspecified atom stereocenters. The van der Waals surface area contributed by atoms with E-state index < -0.39 is 11.9 Å². The summed E-state index contributed by atoms with van der Waals surface area (Å²) in [5, 5.41) is 11.7. The third kappa shape index (κ3) is 1.64. The molecule has 1 rings (SSSR count). The second kappa shape index (κ2) is 3.82. The standard InChI is InChI=1S/C10H15NO3/c1-4-5(2)8-9(13)7(6(3)12)10(14)11-8/h5,8,12H,4H2,1-3H3,(H,11,14)/b7-6+/t5-,8+/m0/s1. The summed E-state index contributed by atoms with van der Waals surface area (Å²) in [5.41, 5.74) is -0.0877. The summed E-state index contributed by atoms with van der Waals surface area (Å²) in [4.78, 5) is 23.0. The Hall–Kier alpha value is -1.32. The molecule has 0 bridgehead atoms. The van der Waals surface area contributed by atoms with Crippen LogP contribution in [0.5, 0.6) is 0 Å². The first-order chi connectivity index (χ1) is 6.49. The number of amides is 1. The highest BCUT2D eigenvalue weighted by Gasteiger charge is 2.39. The van der Waals surface area contributed by atoms with E-state index in [-0.39, 0.29) is 23.0 Å². The van der Waals surface area contributed by atoms with E-state index in [1.807, 2.05) is 13.8 Å². The highest BCUT2D eigenvalue weighted by atomic mass is 16.3. The van der Waals surface area contributed by atoms with Crippen molar-refractivity contribution in [3.05, 3.63) is 11.3 Å². The number of aliphatic hydroxyl groups is 1. The molecule has 4 nitrogen and oxygen atoms in total. The summed E-state index contributed by atoms with van der Waals surface area (Å²) in [6, 6.07) is -0.468. The second-order valence-electron chi connectivity index (χ2n) is 3.66. The molecule has 2 atom stereocenters. The largest absolute Gasteiger partial charge is 0.512 e. The molecule has 1 aliphatic rings. The Labute approximate surface area is 83.0 Å². The number of ketones is 1. The van der Waals surface area contributed by atoms with Crippen molar-refractivity contribution in [2.24, 2.45) is 5.92 Å². The van der Waals surface area contributed by atoms with Crippen molar-refractivity contribution in [1.82, 2.24) is 5.32 Å². The van der Waals surface area contributed by atoms with Crippen molar-refractivity contribution >= 4 is 11.7 Å². The summed E-state index contributed by atoms with van der Waals surface area (Å²) in [5.74, 6) is -0.841. The number of aliphatic hydroxyl groups excluding tert-OH is 1. The molecule has 0 aromatic carbocycles. The molecule has 1 saturated heterocycles. The topological polar surface area (TPSA) is 66.4 Å². The van der Waals surface area contributed by atoms with Crippen LogP contribution in [0, 0.1) is 5.92 Å². The molecule has 1 amide bonds. The summed E-state index contributed by atoms with van der Waals surface area (Å²) in [6.07, 6.45) is 0.814. The molecule has 1 fully saturated rings. The van der Waals surface area contributed by atoms with Gasteiger partial charge in [-0.15, -0.1) is 0 Å². The minimum Gasteiger partial charge on any atom is -0.512 e. The number of allylic oxidation sites excluding steroid dienone is 1. The fraction of sp³-hybridized carbons (Fsp3) is 0.600. The van der Waals surface area contributed by atoms with Gasteiger partial charge < -0.3 is 10.4 Å². The quantitative estimate of drug-likeness (QED) is 0.393. The first kappa shape index (κ1) is 10.8. The lowest BCUT2D eigenvalue weighted by Crippen LogP contribution is -2.35. The van der Waals surface area contributed by atoms with Crippen LogP contribution < -0.4 is 5.32 Å². The highest BCUT2D eigenvalue weighted by molar-refractivity contribution is 6.26. The third-order valence-corrected chi connectivity index (χ3v) is 2.62. The minimum absolute atomic E-state index is 0.0877. The summed E-state index contributed by atoms with van der Waals surface area (Å²) >= 11 is 0. The number of hydrogen-bond donors (Lipinski definition) is 2. The van der Waals surface area contributed by atoms with E-state index in [4.69, 9.17) is 5.11 Å². The lowest BCUT2D eigenvalue weighted by Gasteiger charge is -2.14. The van der Waals surface area contributed by atoms with Crippen LogP contribution in [0.15, 0.2) is 11.3 Å². The maximum absolute atomic E-state index is 11.7. The van der Waals surface area contributed by atoms with Crippen LogP contribution in [0.1, 0.15) is 27.2 Å². The van der Waals surface area contributed by atoms with E-state index in [9.17, 15) is 9.59 Å². The second-order valence-corrected chi connectivity index (χ2v) is 3.66. The Kier molecular flexibility index (Phi) is 2.93. The molecular weight excluding hydrogens is 182 g/mol. The normalized spacial score (nSPS) is 27.5. The van der Waals surface area contributed by atoms with Gasteiger partial charge in [-0.05, 0) is 12.8 Å².